The predicted octanol–water partition coefficient (Wildman–Crippen LogP) is 4.94. The van der Waals surface area contributed by atoms with E-state index in [0.29, 0.717) is 10.9 Å². The molecule has 1 saturated heterocycles. The number of carbonyl (C=O) groups is 2. The van der Waals surface area contributed by atoms with Gasteiger partial charge in [0.15, 0.2) is 5.17 Å². The summed E-state index contributed by atoms with van der Waals surface area (Å²) in [5.41, 5.74) is 2.42. The number of anilines is 1. The molecule has 3 aromatic carbocycles. The van der Waals surface area contributed by atoms with Crippen molar-refractivity contribution in [3.05, 3.63) is 76.8 Å². The van der Waals surface area contributed by atoms with E-state index < -0.39 is 5.25 Å². The number of rotatable bonds is 5. The van der Waals surface area contributed by atoms with Gasteiger partial charge in [0.1, 0.15) is 5.25 Å². The lowest BCUT2D eigenvalue weighted by molar-refractivity contribution is -0.122. The molecule has 0 saturated carbocycles. The van der Waals surface area contributed by atoms with E-state index in [4.69, 9.17) is 0 Å². The smallest absolute Gasteiger partial charge is 0.240 e. The molecule has 2 N–H and O–H groups in total. The van der Waals surface area contributed by atoms with E-state index in [0.717, 1.165) is 26.5 Å². The quantitative estimate of drug-likeness (QED) is 0.389. The summed E-state index contributed by atoms with van der Waals surface area (Å²) in [7, 11) is 0. The molecule has 1 aliphatic heterocycles. The molecule has 2 amide bonds. The molecule has 1 aliphatic rings. The zero-order valence-electron chi connectivity index (χ0n) is 16.6. The first-order valence-corrected chi connectivity index (χ1v) is 11.3. The second kappa shape index (κ2) is 9.45. The molecule has 1 heterocycles. The molecule has 0 spiro atoms. The fourth-order valence-corrected chi connectivity index (χ4v) is 4.40. The molecule has 1 atom stereocenters. The predicted molar refractivity (Wildman–Crippen MR) is 131 cm³/mol. The normalized spacial score (nSPS) is 17.7. The van der Waals surface area contributed by atoms with Gasteiger partial charge >= 0.3 is 0 Å². The minimum Gasteiger partial charge on any atom is -0.326 e. The largest absolute Gasteiger partial charge is 0.326 e. The summed E-state index contributed by atoms with van der Waals surface area (Å²) in [6.45, 7) is 1.89. The highest BCUT2D eigenvalue weighted by Crippen LogP contribution is 2.24. The number of nitrogens with zero attached hydrogens (tertiary/aromatic N) is 2. The van der Waals surface area contributed by atoms with Crippen molar-refractivity contribution in [2.24, 2.45) is 10.2 Å². The lowest BCUT2D eigenvalue weighted by atomic mass is 10.0. The first-order chi connectivity index (χ1) is 15.0. The maximum absolute atomic E-state index is 12.3. The fraction of sp³-hybridized carbons (Fsp3) is 0.130. The van der Waals surface area contributed by atoms with E-state index in [1.807, 2.05) is 49.4 Å². The van der Waals surface area contributed by atoms with E-state index in [-0.39, 0.29) is 18.2 Å². The van der Waals surface area contributed by atoms with Crippen molar-refractivity contribution < 1.29 is 9.59 Å². The Hall–Kier alpha value is -2.97. The zero-order valence-corrected chi connectivity index (χ0v) is 19.0. The molecule has 4 rings (SSSR count). The summed E-state index contributed by atoms with van der Waals surface area (Å²) in [4.78, 5) is 24.6. The molecule has 1 fully saturated rings. The van der Waals surface area contributed by atoms with E-state index in [2.05, 4.69) is 48.9 Å². The van der Waals surface area contributed by atoms with Crippen LogP contribution in [-0.2, 0) is 9.59 Å². The van der Waals surface area contributed by atoms with Crippen molar-refractivity contribution in [1.29, 1.82) is 0 Å². The number of carbonyl (C=O) groups excluding carboxylic acids is 2. The number of benzene rings is 3. The van der Waals surface area contributed by atoms with Gasteiger partial charge < -0.3 is 10.6 Å². The van der Waals surface area contributed by atoms with Gasteiger partial charge in [0, 0.05) is 22.1 Å². The van der Waals surface area contributed by atoms with Crippen molar-refractivity contribution in [3.63, 3.8) is 0 Å². The van der Waals surface area contributed by atoms with Crippen LogP contribution in [0, 0.1) is 0 Å². The van der Waals surface area contributed by atoms with Gasteiger partial charge in [-0.05, 0) is 42.0 Å². The first-order valence-electron chi connectivity index (χ1n) is 9.63. The Morgan fingerprint density at radius 3 is 2.65 bits per heavy atom. The average molecular weight is 495 g/mol. The van der Waals surface area contributed by atoms with Gasteiger partial charge in [-0.3, -0.25) is 9.59 Å². The Balaban J connectivity index is 1.42. The van der Waals surface area contributed by atoms with E-state index in [1.165, 1.54) is 11.8 Å². The number of halogens is 1. The number of fused-ring (bicyclic) bond motifs is 1. The molecule has 0 unspecified atom stereocenters. The summed E-state index contributed by atoms with van der Waals surface area (Å²) < 4.78 is 0.927. The maximum Gasteiger partial charge on any atom is 0.240 e. The molecule has 3 aromatic rings. The summed E-state index contributed by atoms with van der Waals surface area (Å²) in [6, 6.07) is 21.4. The summed E-state index contributed by atoms with van der Waals surface area (Å²) in [5.74, 6) is -0.473. The van der Waals surface area contributed by atoms with Crippen molar-refractivity contribution in [2.45, 2.75) is 18.6 Å². The number of amidine groups is 1. The van der Waals surface area contributed by atoms with E-state index in [1.54, 1.807) is 12.1 Å². The van der Waals surface area contributed by atoms with Crippen LogP contribution in [0.15, 0.2) is 81.4 Å². The summed E-state index contributed by atoms with van der Waals surface area (Å²) >= 11 is 4.57. The first kappa shape index (κ1) is 21.3. The Labute approximate surface area is 192 Å². The minimum atomic E-state index is -0.540. The van der Waals surface area contributed by atoms with E-state index >= 15 is 0 Å². The third-order valence-corrected chi connectivity index (χ3v) is 6.35. The Morgan fingerprint density at radius 1 is 1.10 bits per heavy atom. The lowest BCUT2D eigenvalue weighted by Crippen LogP contribution is -2.28. The lowest BCUT2D eigenvalue weighted by Gasteiger charge is -2.07. The molecule has 0 aliphatic carbocycles. The minimum absolute atomic E-state index is 0.0532. The van der Waals surface area contributed by atoms with Gasteiger partial charge in [-0.1, -0.05) is 70.2 Å². The van der Waals surface area contributed by atoms with Crippen LogP contribution in [0.5, 0.6) is 0 Å². The van der Waals surface area contributed by atoms with Crippen LogP contribution >= 0.6 is 27.7 Å². The van der Waals surface area contributed by atoms with Crippen molar-refractivity contribution >= 4 is 66.8 Å². The highest BCUT2D eigenvalue weighted by molar-refractivity contribution is 9.10. The topological polar surface area (TPSA) is 82.9 Å². The number of amides is 2. The molecule has 0 aromatic heterocycles. The molecule has 6 nitrogen and oxygen atoms in total. The van der Waals surface area contributed by atoms with Crippen LogP contribution < -0.4 is 10.6 Å². The van der Waals surface area contributed by atoms with Gasteiger partial charge in [0.05, 0.1) is 5.71 Å². The van der Waals surface area contributed by atoms with Crippen molar-refractivity contribution in [3.8, 4) is 0 Å². The zero-order chi connectivity index (χ0) is 21.8. The fourth-order valence-electron chi connectivity index (χ4n) is 3.22. The summed E-state index contributed by atoms with van der Waals surface area (Å²) in [5, 5.41) is 16.1. The van der Waals surface area contributed by atoms with Crippen LogP contribution in [0.3, 0.4) is 0 Å². The number of thioether (sulfide) groups is 1. The Bertz CT molecular complexity index is 1200. The molecular formula is C23H19BrN4O2S. The second-order valence-corrected chi connectivity index (χ2v) is 9.08. The highest BCUT2D eigenvalue weighted by atomic mass is 79.9. The van der Waals surface area contributed by atoms with Gasteiger partial charge in [-0.25, -0.2) is 0 Å². The monoisotopic (exact) mass is 494 g/mol. The molecule has 156 valence electrons. The van der Waals surface area contributed by atoms with Crippen LogP contribution in [0.2, 0.25) is 0 Å². The van der Waals surface area contributed by atoms with Crippen LogP contribution in [0.25, 0.3) is 10.8 Å². The molecular weight excluding hydrogens is 476 g/mol. The third kappa shape index (κ3) is 5.21. The SMILES string of the molecule is C/C(=N/N=C1\NC(=O)[C@H](CC(=O)Nc2ccc(Br)cc2)S1)c1cccc2ccccc12. The molecule has 8 heteroatoms. The van der Waals surface area contributed by atoms with Crippen LogP contribution in [0.4, 0.5) is 5.69 Å². The van der Waals surface area contributed by atoms with Crippen molar-refractivity contribution in [1.82, 2.24) is 5.32 Å². The van der Waals surface area contributed by atoms with Gasteiger partial charge in [-0.2, -0.15) is 5.10 Å². The summed E-state index contributed by atoms with van der Waals surface area (Å²) in [6.07, 6.45) is 0.0532. The second-order valence-electron chi connectivity index (χ2n) is 6.97. The maximum atomic E-state index is 12.3. The number of nitrogens with one attached hydrogen (secondary N) is 2. The van der Waals surface area contributed by atoms with Crippen molar-refractivity contribution in [2.75, 3.05) is 5.32 Å². The van der Waals surface area contributed by atoms with Gasteiger partial charge in [0.2, 0.25) is 11.8 Å². The molecule has 0 bridgehead atoms. The molecule has 31 heavy (non-hydrogen) atoms. The Morgan fingerprint density at radius 2 is 1.84 bits per heavy atom. The Kier molecular flexibility index (Phi) is 6.48. The van der Waals surface area contributed by atoms with Crippen LogP contribution in [0.1, 0.15) is 18.9 Å². The highest BCUT2D eigenvalue weighted by Gasteiger charge is 2.32. The molecule has 0 radical (unpaired) electrons. The standard InChI is InChI=1S/C23H19BrN4O2S/c1-14(18-8-4-6-15-5-2-3-7-19(15)18)27-28-23-26-22(30)20(31-23)13-21(29)25-17-11-9-16(24)10-12-17/h2-12,20H,13H2,1H3,(H,25,29)(H,26,28,30)/b27-14-/t20-/m0/s1. The van der Waals surface area contributed by atoms with E-state index in [9.17, 15) is 9.59 Å². The van der Waals surface area contributed by atoms with Gasteiger partial charge in [0.25, 0.3) is 0 Å². The van der Waals surface area contributed by atoms with Gasteiger partial charge in [-0.15, -0.1) is 5.10 Å². The number of hydrogen-bond donors (Lipinski definition) is 2. The van der Waals surface area contributed by atoms with Crippen LogP contribution in [-0.4, -0.2) is 27.9 Å². The number of hydrogen-bond acceptors (Lipinski definition) is 5. The average Bonchev–Trinajstić information content (AvgIpc) is 3.12. The third-order valence-electron chi connectivity index (χ3n) is 4.75.